The van der Waals surface area contributed by atoms with Crippen LogP contribution in [0.15, 0.2) is 18.5 Å². The highest BCUT2D eigenvalue weighted by Gasteiger charge is 2.15. The number of hydrogen-bond donors (Lipinski definition) is 2. The Labute approximate surface area is 119 Å². The predicted molar refractivity (Wildman–Crippen MR) is 76.4 cm³/mol. The summed E-state index contributed by atoms with van der Waals surface area (Å²) < 4.78 is 0. The van der Waals surface area contributed by atoms with Crippen LogP contribution in [0.5, 0.6) is 0 Å². The summed E-state index contributed by atoms with van der Waals surface area (Å²) in [7, 11) is 0. The van der Waals surface area contributed by atoms with Gasteiger partial charge in [0.2, 0.25) is 0 Å². The van der Waals surface area contributed by atoms with Gasteiger partial charge in [-0.2, -0.15) is 0 Å². The van der Waals surface area contributed by atoms with E-state index in [1.54, 1.807) is 17.5 Å². The van der Waals surface area contributed by atoms with E-state index in [-0.39, 0.29) is 22.8 Å². The minimum atomic E-state index is -0.255. The number of nitrogens with one attached hydrogen (secondary N) is 1. The Balaban J connectivity index is 2.10. The molecule has 0 aromatic carbocycles. The number of hydrogen-bond acceptors (Lipinski definition) is 5. The monoisotopic (exact) mass is 296 g/mol. The summed E-state index contributed by atoms with van der Waals surface area (Å²) in [5, 5.41) is 3.97. The number of halogens is 1. The van der Waals surface area contributed by atoms with Gasteiger partial charge in [0.05, 0.1) is 16.6 Å². The van der Waals surface area contributed by atoms with Crippen molar-refractivity contribution < 1.29 is 4.79 Å². The van der Waals surface area contributed by atoms with Crippen molar-refractivity contribution in [2.24, 2.45) is 0 Å². The fraction of sp³-hybridized carbons (Fsp3) is 0.250. The molecule has 2 aromatic rings. The minimum Gasteiger partial charge on any atom is -0.382 e. The molecule has 0 bridgehead atoms. The van der Waals surface area contributed by atoms with Gasteiger partial charge in [-0.15, -0.1) is 11.3 Å². The van der Waals surface area contributed by atoms with Crippen molar-refractivity contribution in [3.63, 3.8) is 0 Å². The second-order valence-corrected chi connectivity index (χ2v) is 5.77. The quantitative estimate of drug-likeness (QED) is 0.912. The highest BCUT2D eigenvalue weighted by atomic mass is 35.5. The number of nitrogens with two attached hydrogens (primary N) is 1. The summed E-state index contributed by atoms with van der Waals surface area (Å²) >= 11 is 7.39. The molecule has 1 unspecified atom stereocenters. The number of anilines is 1. The Hall–Kier alpha value is -1.66. The van der Waals surface area contributed by atoms with E-state index >= 15 is 0 Å². The first-order valence-electron chi connectivity index (χ1n) is 5.61. The summed E-state index contributed by atoms with van der Waals surface area (Å²) in [6, 6.07) is 1.33. The Morgan fingerprint density at radius 2 is 2.21 bits per heavy atom. The molecule has 0 aliphatic heterocycles. The summed E-state index contributed by atoms with van der Waals surface area (Å²) in [6.45, 7) is 3.85. The van der Waals surface area contributed by atoms with Crippen LogP contribution in [0.25, 0.3) is 0 Å². The minimum absolute atomic E-state index is 0.164. The lowest BCUT2D eigenvalue weighted by atomic mass is 10.2. The molecular formula is C12H13ClN4OS. The summed E-state index contributed by atoms with van der Waals surface area (Å²) in [5.41, 5.74) is 5.88. The van der Waals surface area contributed by atoms with Crippen molar-refractivity contribution in [2.45, 2.75) is 19.9 Å². The van der Waals surface area contributed by atoms with Gasteiger partial charge in [0, 0.05) is 17.3 Å². The van der Waals surface area contributed by atoms with Crippen LogP contribution in [0, 0.1) is 6.92 Å². The Morgan fingerprint density at radius 1 is 1.47 bits per heavy atom. The van der Waals surface area contributed by atoms with Crippen LogP contribution in [-0.4, -0.2) is 15.9 Å². The fourth-order valence-corrected chi connectivity index (χ4v) is 2.43. The molecule has 3 N–H and O–H groups in total. The Morgan fingerprint density at radius 3 is 2.79 bits per heavy atom. The van der Waals surface area contributed by atoms with Crippen molar-refractivity contribution >= 4 is 34.7 Å². The SMILES string of the molecule is Cc1cnc(C(C)NC(=O)c2cnc(N)c(Cl)c2)s1. The largest absolute Gasteiger partial charge is 0.382 e. The van der Waals surface area contributed by atoms with Gasteiger partial charge in [0.15, 0.2) is 0 Å². The van der Waals surface area contributed by atoms with Gasteiger partial charge >= 0.3 is 0 Å². The normalized spacial score (nSPS) is 12.2. The number of nitrogens with zero attached hydrogens (tertiary/aromatic N) is 2. The smallest absolute Gasteiger partial charge is 0.253 e. The zero-order valence-electron chi connectivity index (χ0n) is 10.5. The molecule has 0 fully saturated rings. The number of aryl methyl sites for hydroxylation is 1. The molecule has 0 saturated carbocycles. The van der Waals surface area contributed by atoms with Crippen LogP contribution in [-0.2, 0) is 0 Å². The molecule has 1 atom stereocenters. The number of nitrogen functional groups attached to an aromatic ring is 1. The standard InChI is InChI=1S/C12H13ClN4OS/c1-6-4-16-12(19-6)7(2)17-11(18)8-3-9(13)10(14)15-5-8/h3-5,7H,1-2H3,(H2,14,15)(H,17,18). The van der Waals surface area contributed by atoms with Crippen molar-refractivity contribution in [1.29, 1.82) is 0 Å². The van der Waals surface area contributed by atoms with E-state index in [0.29, 0.717) is 5.56 Å². The topological polar surface area (TPSA) is 80.9 Å². The van der Waals surface area contributed by atoms with Crippen LogP contribution < -0.4 is 11.1 Å². The first-order valence-corrected chi connectivity index (χ1v) is 6.81. The maximum atomic E-state index is 12.0. The average molecular weight is 297 g/mol. The Bertz CT molecular complexity index is 614. The van der Waals surface area contributed by atoms with Crippen molar-refractivity contribution in [3.8, 4) is 0 Å². The number of pyridine rings is 1. The van der Waals surface area contributed by atoms with Gasteiger partial charge in [-0.25, -0.2) is 9.97 Å². The molecule has 19 heavy (non-hydrogen) atoms. The highest BCUT2D eigenvalue weighted by molar-refractivity contribution is 7.11. The summed E-state index contributed by atoms with van der Waals surface area (Å²) in [5.74, 6) is -0.0448. The third-order valence-electron chi connectivity index (χ3n) is 2.49. The Kier molecular flexibility index (Phi) is 4.01. The number of aromatic nitrogens is 2. The first kappa shape index (κ1) is 13.8. The maximum Gasteiger partial charge on any atom is 0.253 e. The van der Waals surface area contributed by atoms with Crippen LogP contribution in [0.3, 0.4) is 0 Å². The van der Waals surface area contributed by atoms with E-state index < -0.39 is 0 Å². The second kappa shape index (κ2) is 5.54. The van der Waals surface area contributed by atoms with Gasteiger partial charge in [-0.1, -0.05) is 11.6 Å². The molecule has 100 valence electrons. The van der Waals surface area contributed by atoms with Crippen molar-refractivity contribution in [2.75, 3.05) is 5.73 Å². The van der Waals surface area contributed by atoms with E-state index in [4.69, 9.17) is 17.3 Å². The molecule has 2 heterocycles. The molecule has 0 saturated heterocycles. The molecule has 0 aliphatic rings. The van der Waals surface area contributed by atoms with Crippen molar-refractivity contribution in [1.82, 2.24) is 15.3 Å². The van der Waals surface area contributed by atoms with E-state index in [0.717, 1.165) is 9.88 Å². The van der Waals surface area contributed by atoms with Crippen LogP contribution in [0.4, 0.5) is 5.82 Å². The van der Waals surface area contributed by atoms with E-state index in [2.05, 4.69) is 15.3 Å². The van der Waals surface area contributed by atoms with Gasteiger partial charge in [0.25, 0.3) is 5.91 Å². The molecule has 0 radical (unpaired) electrons. The third kappa shape index (κ3) is 3.21. The lowest BCUT2D eigenvalue weighted by molar-refractivity contribution is 0.0939. The third-order valence-corrected chi connectivity index (χ3v) is 3.89. The molecule has 2 aromatic heterocycles. The van der Waals surface area contributed by atoms with Gasteiger partial charge < -0.3 is 11.1 Å². The molecule has 2 rings (SSSR count). The summed E-state index contributed by atoms with van der Waals surface area (Å²) in [6.07, 6.45) is 3.18. The van der Waals surface area contributed by atoms with Crippen LogP contribution in [0.2, 0.25) is 5.02 Å². The molecule has 1 amide bonds. The van der Waals surface area contributed by atoms with Gasteiger partial charge in [-0.3, -0.25) is 4.79 Å². The molecule has 5 nitrogen and oxygen atoms in total. The number of carbonyl (C=O) groups is 1. The van der Waals surface area contributed by atoms with Crippen molar-refractivity contribution in [3.05, 3.63) is 38.9 Å². The lowest BCUT2D eigenvalue weighted by Crippen LogP contribution is -2.26. The molecular weight excluding hydrogens is 284 g/mol. The molecule has 0 aliphatic carbocycles. The number of carbonyl (C=O) groups excluding carboxylic acids is 1. The molecule has 0 spiro atoms. The zero-order valence-corrected chi connectivity index (χ0v) is 12.0. The fourth-order valence-electron chi connectivity index (χ4n) is 1.49. The van der Waals surface area contributed by atoms with Gasteiger partial charge in [-0.05, 0) is 19.9 Å². The second-order valence-electron chi connectivity index (χ2n) is 4.10. The number of thiazole rings is 1. The van der Waals surface area contributed by atoms with Crippen LogP contribution in [0.1, 0.15) is 33.2 Å². The lowest BCUT2D eigenvalue weighted by Gasteiger charge is -2.11. The highest BCUT2D eigenvalue weighted by Crippen LogP contribution is 2.20. The molecule has 7 heteroatoms. The zero-order chi connectivity index (χ0) is 14.0. The van der Waals surface area contributed by atoms with E-state index in [9.17, 15) is 4.79 Å². The van der Waals surface area contributed by atoms with E-state index in [1.165, 1.54) is 12.3 Å². The van der Waals surface area contributed by atoms with E-state index in [1.807, 2.05) is 13.8 Å². The van der Waals surface area contributed by atoms with Crippen LogP contribution >= 0.6 is 22.9 Å². The maximum absolute atomic E-state index is 12.0. The first-order chi connectivity index (χ1) is 8.97. The average Bonchev–Trinajstić information content (AvgIpc) is 2.79. The summed E-state index contributed by atoms with van der Waals surface area (Å²) in [4.78, 5) is 21.2. The number of rotatable bonds is 3. The van der Waals surface area contributed by atoms with Gasteiger partial charge in [0.1, 0.15) is 10.8 Å². The predicted octanol–water partition coefficient (Wildman–Crippen LogP) is 2.57. The number of amides is 1.